The number of ether oxygens (including phenoxy) is 3. The van der Waals surface area contributed by atoms with E-state index in [0.29, 0.717) is 36.1 Å². The molecule has 1 unspecified atom stereocenters. The van der Waals surface area contributed by atoms with Crippen LogP contribution in [0.25, 0.3) is 16.6 Å². The average molecular weight is 515 g/mol. The summed E-state index contributed by atoms with van der Waals surface area (Å²) in [7, 11) is 1.43. The zero-order valence-electron chi connectivity index (χ0n) is 21.2. The van der Waals surface area contributed by atoms with Crippen LogP contribution in [0.15, 0.2) is 49.3 Å². The minimum atomic E-state index is -1.83. The first-order valence-electron chi connectivity index (χ1n) is 12.3. The summed E-state index contributed by atoms with van der Waals surface area (Å²) in [5.41, 5.74) is 1.42. The fraction of sp³-hybridized carbons (Fsp3) is 0.429. The molecule has 1 aliphatic rings. The minimum Gasteiger partial charge on any atom is -0.496 e. The number of hydrogen-bond donors (Lipinski definition) is 1. The summed E-state index contributed by atoms with van der Waals surface area (Å²) in [6, 6.07) is 6.85. The number of ketones is 1. The Kier molecular flexibility index (Phi) is 7.82. The second kappa shape index (κ2) is 10.9. The molecule has 0 saturated heterocycles. The first-order chi connectivity index (χ1) is 17.7. The average Bonchev–Trinajstić information content (AvgIpc) is 3.41. The van der Waals surface area contributed by atoms with Crippen molar-refractivity contribution in [2.75, 3.05) is 13.7 Å². The molecule has 3 aromatic rings. The molecular weight excluding hydrogens is 482 g/mol. The van der Waals surface area contributed by atoms with Gasteiger partial charge < -0.3 is 19.3 Å². The van der Waals surface area contributed by atoms with E-state index < -0.39 is 18.1 Å². The summed E-state index contributed by atoms with van der Waals surface area (Å²) < 4.78 is 45.9. The van der Waals surface area contributed by atoms with Gasteiger partial charge in [0.2, 0.25) is 0 Å². The van der Waals surface area contributed by atoms with Crippen molar-refractivity contribution >= 4 is 11.3 Å². The highest BCUT2D eigenvalue weighted by atomic mass is 19.1. The number of carbonyl (C=O) groups excluding carboxylic acids is 1. The van der Waals surface area contributed by atoms with Crippen LogP contribution in [0.5, 0.6) is 17.2 Å². The molecule has 198 valence electrons. The second-order valence-corrected chi connectivity index (χ2v) is 9.86. The van der Waals surface area contributed by atoms with Gasteiger partial charge in [0, 0.05) is 12.0 Å². The Balaban J connectivity index is 1.68. The number of fused-ring (bicyclic) bond motifs is 1. The monoisotopic (exact) mass is 514 g/mol. The Morgan fingerprint density at radius 3 is 2.73 bits per heavy atom. The van der Waals surface area contributed by atoms with Gasteiger partial charge in [0.25, 0.3) is 6.36 Å². The number of Topliss-reactive ketones (excluding diaryl/α,β-unsaturated/α-hetero) is 1. The molecule has 1 aliphatic carbocycles. The number of methoxy groups -OCH3 is 1. The van der Waals surface area contributed by atoms with E-state index in [1.807, 2.05) is 6.07 Å². The summed E-state index contributed by atoms with van der Waals surface area (Å²) in [6.07, 6.45) is 3.61. The van der Waals surface area contributed by atoms with E-state index in [4.69, 9.17) is 14.2 Å². The molecule has 4 rings (SSSR count). The first-order valence-corrected chi connectivity index (χ1v) is 12.3. The molecule has 1 aromatic carbocycles. The van der Waals surface area contributed by atoms with Crippen LogP contribution in [0, 0.1) is 5.92 Å². The molecule has 3 atom stereocenters. The maximum Gasteiger partial charge on any atom is 0.257 e. The quantitative estimate of drug-likeness (QED) is 0.232. The zero-order valence-corrected chi connectivity index (χ0v) is 21.2. The van der Waals surface area contributed by atoms with Crippen molar-refractivity contribution in [3.63, 3.8) is 0 Å². The number of aromatic nitrogens is 2. The van der Waals surface area contributed by atoms with Crippen molar-refractivity contribution < 1.29 is 32.9 Å². The highest BCUT2D eigenvalue weighted by molar-refractivity contribution is 6.02. The number of hydrogen-bond acceptors (Lipinski definition) is 6. The smallest absolute Gasteiger partial charge is 0.257 e. The number of carbonyl (C=O) groups is 1. The predicted octanol–water partition coefficient (Wildman–Crippen LogP) is 5.73. The third kappa shape index (κ3) is 6.10. The molecule has 2 aromatic heterocycles. The largest absolute Gasteiger partial charge is 0.496 e. The number of rotatable bonds is 13. The maximum absolute atomic E-state index is 14.3. The van der Waals surface area contributed by atoms with E-state index in [9.17, 15) is 18.7 Å². The van der Waals surface area contributed by atoms with Crippen LogP contribution in [0.3, 0.4) is 0 Å². The van der Waals surface area contributed by atoms with Gasteiger partial charge in [0.1, 0.15) is 34.6 Å². The van der Waals surface area contributed by atoms with Gasteiger partial charge in [0.05, 0.1) is 31.6 Å². The van der Waals surface area contributed by atoms with E-state index in [1.54, 1.807) is 49.0 Å². The number of pyridine rings is 1. The minimum absolute atomic E-state index is 0.0278. The van der Waals surface area contributed by atoms with E-state index >= 15 is 0 Å². The topological polar surface area (TPSA) is 82.3 Å². The van der Waals surface area contributed by atoms with E-state index in [2.05, 4.69) is 11.7 Å². The van der Waals surface area contributed by atoms with E-state index in [0.717, 1.165) is 11.6 Å². The maximum atomic E-state index is 14.3. The van der Waals surface area contributed by atoms with Crippen LogP contribution in [-0.2, 0) is 0 Å². The molecule has 1 saturated carbocycles. The van der Waals surface area contributed by atoms with Crippen LogP contribution in [0.4, 0.5) is 8.78 Å². The molecule has 0 bridgehead atoms. The zero-order chi connectivity index (χ0) is 26.7. The molecule has 0 radical (unpaired) electrons. The number of aliphatic hydroxyl groups is 1. The van der Waals surface area contributed by atoms with Gasteiger partial charge in [-0.15, -0.1) is 0 Å². The fourth-order valence-corrected chi connectivity index (χ4v) is 4.20. The standard InChI is InChI=1S/C28H32F2N2O5/c1-5-26(30)36-25-13-18(12-24(35-4)27(25)23(34)8-6-7-17-11-21(17)29)20-14-31-32-15-19(9-10-22(20)32)37-28(2,3)16-33/h5,9-10,12-15,17,21,26,33H,1,6-8,11,16H2,2-4H3/t17-,21+,26?/m1/s1. The predicted molar refractivity (Wildman–Crippen MR) is 136 cm³/mol. The summed E-state index contributed by atoms with van der Waals surface area (Å²) in [5, 5.41) is 13.9. The summed E-state index contributed by atoms with van der Waals surface area (Å²) >= 11 is 0. The Hall–Kier alpha value is -3.46. The third-order valence-corrected chi connectivity index (χ3v) is 6.38. The van der Waals surface area contributed by atoms with Gasteiger partial charge in [-0.1, -0.05) is 6.58 Å². The number of aliphatic hydroxyl groups excluding tert-OH is 1. The van der Waals surface area contributed by atoms with Crippen molar-refractivity contribution in [2.45, 2.75) is 57.7 Å². The van der Waals surface area contributed by atoms with Crippen LogP contribution in [-0.4, -0.2) is 52.4 Å². The molecule has 9 heteroatoms. The first kappa shape index (κ1) is 26.6. The van der Waals surface area contributed by atoms with Crippen molar-refractivity contribution in [1.29, 1.82) is 0 Å². The number of benzene rings is 1. The van der Waals surface area contributed by atoms with Gasteiger partial charge >= 0.3 is 0 Å². The number of nitrogens with zero attached hydrogens (tertiary/aromatic N) is 2. The highest BCUT2D eigenvalue weighted by Gasteiger charge is 2.36. The van der Waals surface area contributed by atoms with Gasteiger partial charge in [-0.3, -0.25) is 4.79 Å². The van der Waals surface area contributed by atoms with Crippen molar-refractivity contribution in [1.82, 2.24) is 9.61 Å². The highest BCUT2D eigenvalue weighted by Crippen LogP contribution is 2.40. The number of alkyl halides is 2. The van der Waals surface area contributed by atoms with Gasteiger partial charge in [-0.25, -0.2) is 8.91 Å². The lowest BCUT2D eigenvalue weighted by Crippen LogP contribution is -2.32. The third-order valence-electron chi connectivity index (χ3n) is 6.38. The normalized spacial score (nSPS) is 17.9. The van der Waals surface area contributed by atoms with Crippen LogP contribution < -0.4 is 14.2 Å². The van der Waals surface area contributed by atoms with Crippen LogP contribution in [0.2, 0.25) is 0 Å². The van der Waals surface area contributed by atoms with Crippen molar-refractivity contribution in [3.8, 4) is 28.4 Å². The Labute approximate surface area is 214 Å². The summed E-state index contributed by atoms with van der Waals surface area (Å²) in [5.74, 6) is 0.567. The van der Waals surface area contributed by atoms with E-state index in [1.165, 1.54) is 7.11 Å². The van der Waals surface area contributed by atoms with Crippen LogP contribution >= 0.6 is 0 Å². The Morgan fingerprint density at radius 1 is 1.35 bits per heavy atom. The lowest BCUT2D eigenvalue weighted by atomic mass is 9.98. The number of halogens is 2. The molecule has 37 heavy (non-hydrogen) atoms. The second-order valence-electron chi connectivity index (χ2n) is 9.86. The lowest BCUT2D eigenvalue weighted by Gasteiger charge is -2.23. The van der Waals surface area contributed by atoms with Gasteiger partial charge in [-0.05, 0) is 74.9 Å². The summed E-state index contributed by atoms with van der Waals surface area (Å²) in [6.45, 7) is 6.81. The fourth-order valence-electron chi connectivity index (χ4n) is 4.20. The van der Waals surface area contributed by atoms with Crippen molar-refractivity contribution in [2.24, 2.45) is 5.92 Å². The van der Waals surface area contributed by atoms with E-state index in [-0.39, 0.29) is 41.8 Å². The molecule has 0 spiro atoms. The molecule has 7 nitrogen and oxygen atoms in total. The van der Waals surface area contributed by atoms with Crippen LogP contribution in [0.1, 0.15) is 49.9 Å². The SMILES string of the molecule is C=CC(F)Oc1cc(-c2cnn3cc(OC(C)(C)CO)ccc23)cc(OC)c1C(=O)CCC[C@@H]1C[C@@H]1F. The lowest BCUT2D eigenvalue weighted by molar-refractivity contribution is 0.0408. The molecule has 1 fully saturated rings. The van der Waals surface area contributed by atoms with Gasteiger partial charge in [0.15, 0.2) is 5.78 Å². The molecule has 1 N–H and O–H groups in total. The molecule has 0 amide bonds. The Bertz CT molecular complexity index is 1290. The summed E-state index contributed by atoms with van der Waals surface area (Å²) in [4.78, 5) is 13.1. The Morgan fingerprint density at radius 2 is 2.08 bits per heavy atom. The van der Waals surface area contributed by atoms with Gasteiger partial charge in [-0.2, -0.15) is 9.49 Å². The molecular formula is C28H32F2N2O5. The van der Waals surface area contributed by atoms with Crippen molar-refractivity contribution in [3.05, 3.63) is 54.9 Å². The molecule has 0 aliphatic heterocycles. The molecule has 2 heterocycles.